The summed E-state index contributed by atoms with van der Waals surface area (Å²) in [5, 5.41) is 3.07. The first-order chi connectivity index (χ1) is 9.17. The highest BCUT2D eigenvalue weighted by Crippen LogP contribution is 2.28. The predicted molar refractivity (Wildman–Crippen MR) is 80.2 cm³/mol. The summed E-state index contributed by atoms with van der Waals surface area (Å²) in [4.78, 5) is 9.08. The van der Waals surface area contributed by atoms with Crippen LogP contribution in [0.15, 0.2) is 28.7 Å². The van der Waals surface area contributed by atoms with E-state index in [1.807, 2.05) is 38.2 Å². The molecular weight excluding hydrogens is 306 g/mol. The molecule has 0 amide bonds. The van der Waals surface area contributed by atoms with E-state index < -0.39 is 0 Å². The van der Waals surface area contributed by atoms with Crippen LogP contribution in [0.25, 0.3) is 11.4 Å². The summed E-state index contributed by atoms with van der Waals surface area (Å²) in [6, 6.07) is 8.01. The third-order valence-electron chi connectivity index (χ3n) is 2.81. The largest absolute Gasteiger partial charge is 0.380 e. The third kappa shape index (κ3) is 2.93. The molecule has 2 aromatic rings. The van der Waals surface area contributed by atoms with E-state index in [0.717, 1.165) is 27.1 Å². The van der Waals surface area contributed by atoms with Crippen LogP contribution in [0.2, 0.25) is 0 Å². The lowest BCUT2D eigenvalue weighted by Crippen LogP contribution is -2.02. The summed E-state index contributed by atoms with van der Waals surface area (Å²) in [6.07, 6.45) is 0. The summed E-state index contributed by atoms with van der Waals surface area (Å²) >= 11 is 3.48. The van der Waals surface area contributed by atoms with Gasteiger partial charge in [-0.15, -0.1) is 0 Å². The molecule has 0 aliphatic heterocycles. The Balaban J connectivity index is 2.56. The second-order valence-electron chi connectivity index (χ2n) is 4.14. The van der Waals surface area contributed by atoms with E-state index in [-0.39, 0.29) is 0 Å². The van der Waals surface area contributed by atoms with E-state index in [1.165, 1.54) is 0 Å². The van der Waals surface area contributed by atoms with Crippen molar-refractivity contribution in [2.24, 2.45) is 0 Å². The zero-order valence-corrected chi connectivity index (χ0v) is 12.8. The van der Waals surface area contributed by atoms with Gasteiger partial charge < -0.3 is 10.1 Å². The Hall–Kier alpha value is -1.46. The summed E-state index contributed by atoms with van der Waals surface area (Å²) < 4.78 is 6.11. The molecule has 0 aliphatic carbocycles. The highest BCUT2D eigenvalue weighted by molar-refractivity contribution is 9.10. The molecule has 5 heteroatoms. The average Bonchev–Trinajstić information content (AvgIpc) is 2.43. The van der Waals surface area contributed by atoms with Crippen LogP contribution in [0.5, 0.6) is 0 Å². The van der Waals surface area contributed by atoms with Crippen LogP contribution in [0.3, 0.4) is 0 Å². The minimum Gasteiger partial charge on any atom is -0.380 e. The summed E-state index contributed by atoms with van der Waals surface area (Å²) in [5.41, 5.74) is 2.98. The van der Waals surface area contributed by atoms with Crippen LogP contribution in [0, 0.1) is 6.92 Å². The van der Waals surface area contributed by atoms with Gasteiger partial charge >= 0.3 is 0 Å². The third-order valence-corrected chi connectivity index (χ3v) is 3.76. The minimum atomic E-state index is 0.545. The molecule has 0 aliphatic rings. The zero-order valence-electron chi connectivity index (χ0n) is 11.2. The first kappa shape index (κ1) is 14.0. The van der Waals surface area contributed by atoms with Gasteiger partial charge in [0, 0.05) is 19.7 Å². The Morgan fingerprint density at radius 3 is 2.68 bits per heavy atom. The molecule has 19 heavy (non-hydrogen) atoms. The van der Waals surface area contributed by atoms with Crippen molar-refractivity contribution >= 4 is 21.7 Å². The maximum Gasteiger partial charge on any atom is 0.162 e. The van der Waals surface area contributed by atoms with Gasteiger partial charge in [0.2, 0.25) is 0 Å². The first-order valence-corrected chi connectivity index (χ1v) is 6.75. The molecule has 0 radical (unpaired) electrons. The van der Waals surface area contributed by atoms with E-state index in [2.05, 4.69) is 31.2 Å². The quantitative estimate of drug-likeness (QED) is 0.937. The lowest BCUT2D eigenvalue weighted by atomic mass is 10.1. The fourth-order valence-corrected chi connectivity index (χ4v) is 2.24. The number of rotatable bonds is 4. The molecule has 0 saturated carbocycles. The summed E-state index contributed by atoms with van der Waals surface area (Å²) in [6.45, 7) is 2.50. The molecule has 0 spiro atoms. The molecule has 0 unspecified atom stereocenters. The number of ether oxygens (including phenoxy) is 1. The van der Waals surface area contributed by atoms with Crippen molar-refractivity contribution in [3.05, 3.63) is 40.0 Å². The van der Waals surface area contributed by atoms with Crippen LogP contribution in [-0.2, 0) is 11.3 Å². The number of nitrogens with zero attached hydrogens (tertiary/aromatic N) is 2. The van der Waals surface area contributed by atoms with E-state index in [1.54, 1.807) is 7.11 Å². The van der Waals surface area contributed by atoms with Gasteiger partial charge in [0.25, 0.3) is 0 Å². The van der Waals surface area contributed by atoms with Crippen LogP contribution in [0.1, 0.15) is 11.3 Å². The molecule has 1 N–H and O–H groups in total. The molecular formula is C14H16BrN3O. The number of benzene rings is 1. The van der Waals surface area contributed by atoms with Gasteiger partial charge in [-0.2, -0.15) is 0 Å². The Morgan fingerprint density at radius 1 is 1.26 bits per heavy atom. The van der Waals surface area contributed by atoms with Crippen LogP contribution >= 0.6 is 15.9 Å². The molecule has 1 aromatic carbocycles. The second kappa shape index (κ2) is 6.12. The number of nitrogens with one attached hydrogen (secondary N) is 1. The average molecular weight is 322 g/mol. The number of methoxy groups -OCH3 is 1. The Kier molecular flexibility index (Phi) is 4.50. The number of hydrogen-bond acceptors (Lipinski definition) is 4. The monoisotopic (exact) mass is 321 g/mol. The van der Waals surface area contributed by atoms with Crippen molar-refractivity contribution in [2.45, 2.75) is 13.5 Å². The Labute approximate surface area is 121 Å². The van der Waals surface area contributed by atoms with E-state index in [0.29, 0.717) is 12.4 Å². The molecule has 100 valence electrons. The van der Waals surface area contributed by atoms with E-state index in [4.69, 9.17) is 4.74 Å². The van der Waals surface area contributed by atoms with Gasteiger partial charge in [0.05, 0.1) is 16.8 Å². The predicted octanol–water partition coefficient (Wildman–Crippen LogP) is 3.40. The van der Waals surface area contributed by atoms with Gasteiger partial charge in [0.15, 0.2) is 5.82 Å². The van der Waals surface area contributed by atoms with Gasteiger partial charge in [0.1, 0.15) is 5.82 Å². The Morgan fingerprint density at radius 2 is 2.00 bits per heavy atom. The van der Waals surface area contributed by atoms with Gasteiger partial charge in [-0.05, 0) is 28.4 Å². The van der Waals surface area contributed by atoms with Crippen molar-refractivity contribution in [3.8, 4) is 11.4 Å². The molecule has 2 rings (SSSR count). The van der Waals surface area contributed by atoms with Crippen molar-refractivity contribution in [1.82, 2.24) is 9.97 Å². The van der Waals surface area contributed by atoms with Crippen molar-refractivity contribution in [3.63, 3.8) is 0 Å². The van der Waals surface area contributed by atoms with Crippen molar-refractivity contribution in [2.75, 3.05) is 19.5 Å². The normalized spacial score (nSPS) is 10.5. The van der Waals surface area contributed by atoms with Crippen LogP contribution in [-0.4, -0.2) is 24.1 Å². The van der Waals surface area contributed by atoms with Crippen molar-refractivity contribution in [1.29, 1.82) is 0 Å². The van der Waals surface area contributed by atoms with Gasteiger partial charge in [-0.1, -0.05) is 24.3 Å². The Bertz CT molecular complexity index is 587. The fourth-order valence-electron chi connectivity index (χ4n) is 1.87. The minimum absolute atomic E-state index is 0.545. The highest BCUT2D eigenvalue weighted by Gasteiger charge is 2.12. The number of aromatic nitrogens is 2. The molecule has 0 fully saturated rings. The number of hydrogen-bond donors (Lipinski definition) is 1. The van der Waals surface area contributed by atoms with Gasteiger partial charge in [-0.25, -0.2) is 9.97 Å². The molecule has 0 bridgehead atoms. The molecule has 1 aromatic heterocycles. The topological polar surface area (TPSA) is 47.0 Å². The smallest absolute Gasteiger partial charge is 0.162 e. The number of halogens is 1. The van der Waals surface area contributed by atoms with Crippen molar-refractivity contribution < 1.29 is 4.74 Å². The molecule has 4 nitrogen and oxygen atoms in total. The van der Waals surface area contributed by atoms with E-state index >= 15 is 0 Å². The molecule has 1 heterocycles. The van der Waals surface area contributed by atoms with E-state index in [9.17, 15) is 0 Å². The maximum absolute atomic E-state index is 5.22. The lowest BCUT2D eigenvalue weighted by Gasteiger charge is -2.11. The fraction of sp³-hybridized carbons (Fsp3) is 0.286. The second-order valence-corrected chi connectivity index (χ2v) is 4.93. The van der Waals surface area contributed by atoms with Gasteiger partial charge in [-0.3, -0.25) is 0 Å². The first-order valence-electron chi connectivity index (χ1n) is 5.96. The standard InChI is InChI=1S/C14H16BrN3O/c1-9-12(15)14(16-2)18-13(17-9)11-7-5-4-6-10(11)8-19-3/h4-7H,8H2,1-3H3,(H,16,17,18). The van der Waals surface area contributed by atoms with Crippen LogP contribution < -0.4 is 5.32 Å². The lowest BCUT2D eigenvalue weighted by molar-refractivity contribution is 0.185. The number of aryl methyl sites for hydroxylation is 1. The summed E-state index contributed by atoms with van der Waals surface area (Å²) in [5.74, 6) is 1.49. The zero-order chi connectivity index (χ0) is 13.8. The summed E-state index contributed by atoms with van der Waals surface area (Å²) in [7, 11) is 3.53. The van der Waals surface area contributed by atoms with Crippen LogP contribution in [0.4, 0.5) is 5.82 Å². The maximum atomic E-state index is 5.22. The molecule has 0 atom stereocenters. The molecule has 0 saturated heterocycles. The highest BCUT2D eigenvalue weighted by atomic mass is 79.9. The number of anilines is 1. The SMILES string of the molecule is CNc1nc(-c2ccccc2COC)nc(C)c1Br.